The van der Waals surface area contributed by atoms with E-state index in [4.69, 9.17) is 5.11 Å². The van der Waals surface area contributed by atoms with Gasteiger partial charge in [0, 0.05) is 32.6 Å². The van der Waals surface area contributed by atoms with Crippen LogP contribution in [0, 0.1) is 0 Å². The van der Waals surface area contributed by atoms with Crippen LogP contribution >= 0.6 is 0 Å². The summed E-state index contributed by atoms with van der Waals surface area (Å²) in [4.78, 5) is 16.4. The highest BCUT2D eigenvalue weighted by Gasteiger charge is 2.18. The van der Waals surface area contributed by atoms with Crippen LogP contribution in [0.5, 0.6) is 0 Å². The fraction of sp³-hybridized carbons (Fsp3) is 0.562. The molecule has 0 aliphatic carbocycles. The number of hydrogen-bond acceptors (Lipinski definition) is 3. The third-order valence-corrected chi connectivity index (χ3v) is 3.83. The van der Waals surface area contributed by atoms with Crippen molar-refractivity contribution >= 4 is 5.91 Å². The SMILES string of the molecule is O=C(CCc1ccccc1)N1CCCN(CCO)CC1. The summed E-state index contributed by atoms with van der Waals surface area (Å²) < 4.78 is 0. The van der Waals surface area contributed by atoms with Gasteiger partial charge in [-0.05, 0) is 24.9 Å². The van der Waals surface area contributed by atoms with Gasteiger partial charge in [0.05, 0.1) is 6.61 Å². The third-order valence-electron chi connectivity index (χ3n) is 3.83. The fourth-order valence-corrected chi connectivity index (χ4v) is 2.64. The number of carbonyl (C=O) groups excluding carboxylic acids is 1. The zero-order valence-corrected chi connectivity index (χ0v) is 12.0. The van der Waals surface area contributed by atoms with Gasteiger partial charge in [-0.3, -0.25) is 9.69 Å². The van der Waals surface area contributed by atoms with Crippen LogP contribution in [-0.4, -0.2) is 60.1 Å². The third kappa shape index (κ3) is 4.62. The molecule has 1 aliphatic rings. The van der Waals surface area contributed by atoms with Crippen molar-refractivity contribution in [2.24, 2.45) is 0 Å². The van der Waals surface area contributed by atoms with E-state index in [0.29, 0.717) is 13.0 Å². The van der Waals surface area contributed by atoms with E-state index in [2.05, 4.69) is 17.0 Å². The minimum Gasteiger partial charge on any atom is -0.395 e. The predicted octanol–water partition coefficient (Wildman–Crippen LogP) is 1.15. The van der Waals surface area contributed by atoms with Crippen molar-refractivity contribution in [3.63, 3.8) is 0 Å². The smallest absolute Gasteiger partial charge is 0.222 e. The lowest BCUT2D eigenvalue weighted by Gasteiger charge is -2.21. The van der Waals surface area contributed by atoms with E-state index in [1.54, 1.807) is 0 Å². The van der Waals surface area contributed by atoms with Crippen LogP contribution in [0.15, 0.2) is 30.3 Å². The van der Waals surface area contributed by atoms with Gasteiger partial charge in [-0.25, -0.2) is 0 Å². The number of hydrogen-bond donors (Lipinski definition) is 1. The summed E-state index contributed by atoms with van der Waals surface area (Å²) in [5.41, 5.74) is 1.22. The first-order valence-corrected chi connectivity index (χ1v) is 7.44. The number of amides is 1. The van der Waals surface area contributed by atoms with Gasteiger partial charge in [-0.2, -0.15) is 0 Å². The largest absolute Gasteiger partial charge is 0.395 e. The summed E-state index contributed by atoms with van der Waals surface area (Å²) in [5, 5.41) is 8.97. The number of benzene rings is 1. The van der Waals surface area contributed by atoms with Crippen molar-refractivity contribution in [2.45, 2.75) is 19.3 Å². The van der Waals surface area contributed by atoms with E-state index in [1.807, 2.05) is 23.1 Å². The first-order valence-electron chi connectivity index (χ1n) is 7.44. The zero-order chi connectivity index (χ0) is 14.2. The van der Waals surface area contributed by atoms with Crippen LogP contribution in [0.3, 0.4) is 0 Å². The van der Waals surface area contributed by atoms with Crippen LogP contribution in [-0.2, 0) is 11.2 Å². The Kier molecular flexibility index (Phi) is 6.02. The average molecular weight is 276 g/mol. The molecule has 20 heavy (non-hydrogen) atoms. The Labute approximate surface area is 121 Å². The lowest BCUT2D eigenvalue weighted by molar-refractivity contribution is -0.131. The molecule has 0 radical (unpaired) electrons. The van der Waals surface area contributed by atoms with Gasteiger partial charge in [-0.1, -0.05) is 30.3 Å². The first-order chi connectivity index (χ1) is 9.79. The molecule has 0 bridgehead atoms. The summed E-state index contributed by atoms with van der Waals surface area (Å²) in [6.45, 7) is 4.39. The molecule has 1 aromatic rings. The Bertz CT molecular complexity index is 408. The standard InChI is InChI=1S/C16H24N2O2/c19-14-13-17-9-4-10-18(12-11-17)16(20)8-7-15-5-2-1-3-6-15/h1-3,5-6,19H,4,7-14H2. The van der Waals surface area contributed by atoms with E-state index in [-0.39, 0.29) is 12.5 Å². The number of carbonyl (C=O) groups is 1. The van der Waals surface area contributed by atoms with Gasteiger partial charge in [0.25, 0.3) is 0 Å². The molecule has 0 aromatic heterocycles. The van der Waals surface area contributed by atoms with Gasteiger partial charge in [0.2, 0.25) is 5.91 Å². The Balaban J connectivity index is 1.77. The maximum absolute atomic E-state index is 12.2. The molecular weight excluding hydrogens is 252 g/mol. The molecule has 1 aromatic carbocycles. The Morgan fingerprint density at radius 2 is 1.90 bits per heavy atom. The molecule has 2 rings (SSSR count). The van der Waals surface area contributed by atoms with Gasteiger partial charge in [0.1, 0.15) is 0 Å². The van der Waals surface area contributed by atoms with E-state index >= 15 is 0 Å². The molecule has 1 amide bonds. The number of rotatable bonds is 5. The molecule has 1 aliphatic heterocycles. The number of aryl methyl sites for hydroxylation is 1. The molecule has 1 N–H and O–H groups in total. The first kappa shape index (κ1) is 15.0. The van der Waals surface area contributed by atoms with E-state index < -0.39 is 0 Å². The van der Waals surface area contributed by atoms with Crippen molar-refractivity contribution in [3.05, 3.63) is 35.9 Å². The number of aliphatic hydroxyl groups excluding tert-OH is 1. The van der Waals surface area contributed by atoms with Crippen molar-refractivity contribution in [2.75, 3.05) is 39.3 Å². The summed E-state index contributed by atoms with van der Waals surface area (Å²) in [7, 11) is 0. The van der Waals surface area contributed by atoms with Gasteiger partial charge >= 0.3 is 0 Å². The predicted molar refractivity (Wildman–Crippen MR) is 79.5 cm³/mol. The number of β-amino-alcohol motifs (C(OH)–C–C–N with tert-alkyl or cyclic N) is 1. The highest BCUT2D eigenvalue weighted by molar-refractivity contribution is 5.76. The molecule has 1 fully saturated rings. The monoisotopic (exact) mass is 276 g/mol. The Morgan fingerprint density at radius 3 is 2.65 bits per heavy atom. The molecule has 0 unspecified atom stereocenters. The second kappa shape index (κ2) is 8.02. The van der Waals surface area contributed by atoms with Crippen molar-refractivity contribution in [1.82, 2.24) is 9.80 Å². The lowest BCUT2D eigenvalue weighted by Crippen LogP contribution is -2.36. The summed E-state index contributed by atoms with van der Waals surface area (Å²) in [5.74, 6) is 0.250. The van der Waals surface area contributed by atoms with E-state index in [9.17, 15) is 4.79 Å². The summed E-state index contributed by atoms with van der Waals surface area (Å²) in [6.07, 6.45) is 2.40. The second-order valence-corrected chi connectivity index (χ2v) is 5.29. The van der Waals surface area contributed by atoms with Gasteiger partial charge in [-0.15, -0.1) is 0 Å². The molecule has 4 nitrogen and oxygen atoms in total. The second-order valence-electron chi connectivity index (χ2n) is 5.29. The molecular formula is C16H24N2O2. The van der Waals surface area contributed by atoms with Crippen molar-refractivity contribution in [1.29, 1.82) is 0 Å². The fourth-order valence-electron chi connectivity index (χ4n) is 2.64. The number of nitrogens with zero attached hydrogens (tertiary/aromatic N) is 2. The van der Waals surface area contributed by atoms with Crippen molar-refractivity contribution < 1.29 is 9.90 Å². The number of aliphatic hydroxyl groups is 1. The minimum absolute atomic E-state index is 0.196. The van der Waals surface area contributed by atoms with Crippen LogP contribution < -0.4 is 0 Å². The van der Waals surface area contributed by atoms with Crippen LogP contribution in [0.1, 0.15) is 18.4 Å². The van der Waals surface area contributed by atoms with Crippen LogP contribution in [0.4, 0.5) is 0 Å². The molecule has 110 valence electrons. The molecule has 0 saturated carbocycles. The van der Waals surface area contributed by atoms with Crippen molar-refractivity contribution in [3.8, 4) is 0 Å². The highest BCUT2D eigenvalue weighted by atomic mass is 16.3. The van der Waals surface area contributed by atoms with E-state index in [0.717, 1.165) is 39.0 Å². The normalized spacial score (nSPS) is 16.9. The lowest BCUT2D eigenvalue weighted by atomic mass is 10.1. The molecule has 1 heterocycles. The van der Waals surface area contributed by atoms with Gasteiger partial charge < -0.3 is 10.0 Å². The van der Waals surface area contributed by atoms with E-state index in [1.165, 1.54) is 5.56 Å². The zero-order valence-electron chi connectivity index (χ0n) is 12.0. The topological polar surface area (TPSA) is 43.8 Å². The molecule has 1 saturated heterocycles. The Hall–Kier alpha value is -1.39. The summed E-state index contributed by atoms with van der Waals surface area (Å²) in [6, 6.07) is 10.2. The minimum atomic E-state index is 0.196. The average Bonchev–Trinajstić information content (AvgIpc) is 2.72. The molecule has 0 atom stereocenters. The highest BCUT2D eigenvalue weighted by Crippen LogP contribution is 2.08. The quantitative estimate of drug-likeness (QED) is 0.877. The summed E-state index contributed by atoms with van der Waals surface area (Å²) >= 11 is 0. The molecule has 4 heteroatoms. The molecule has 0 spiro atoms. The van der Waals surface area contributed by atoms with Gasteiger partial charge in [0.15, 0.2) is 0 Å². The van der Waals surface area contributed by atoms with Crippen LogP contribution in [0.25, 0.3) is 0 Å². The van der Waals surface area contributed by atoms with Crippen LogP contribution in [0.2, 0.25) is 0 Å². The maximum atomic E-state index is 12.2. The maximum Gasteiger partial charge on any atom is 0.222 e. The Morgan fingerprint density at radius 1 is 1.10 bits per heavy atom.